The van der Waals surface area contributed by atoms with Crippen molar-refractivity contribution in [3.05, 3.63) is 0 Å². The minimum Gasteiger partial charge on any atom is -0.383 e. The Morgan fingerprint density at radius 1 is 1.20 bits per heavy atom. The van der Waals surface area contributed by atoms with E-state index in [1.165, 1.54) is 51.5 Å². The highest BCUT2D eigenvalue weighted by molar-refractivity contribution is 4.94. The van der Waals surface area contributed by atoms with Crippen LogP contribution in [0.1, 0.15) is 58.8 Å². The second-order valence-corrected chi connectivity index (χ2v) is 6.71. The van der Waals surface area contributed by atoms with Crippen LogP contribution in [0, 0.1) is 5.92 Å². The molecular formula is C17H34N2O. The molecule has 118 valence electrons. The van der Waals surface area contributed by atoms with Gasteiger partial charge in [0, 0.05) is 38.3 Å². The number of nitrogens with zero attached hydrogens (tertiary/aromatic N) is 1. The zero-order chi connectivity index (χ0) is 14.4. The number of methoxy groups -OCH3 is 1. The monoisotopic (exact) mass is 282 g/mol. The van der Waals surface area contributed by atoms with Crippen molar-refractivity contribution in [1.82, 2.24) is 10.2 Å². The van der Waals surface area contributed by atoms with Crippen molar-refractivity contribution in [2.24, 2.45) is 5.92 Å². The lowest BCUT2D eigenvalue weighted by Gasteiger charge is -2.32. The SMILES string of the molecule is CCC(CC)N(CCOC)CC1CC2CCCCC2N1. The normalized spacial score (nSPS) is 30.1. The second-order valence-electron chi connectivity index (χ2n) is 6.71. The van der Waals surface area contributed by atoms with Gasteiger partial charge in [0.2, 0.25) is 0 Å². The molecular weight excluding hydrogens is 248 g/mol. The summed E-state index contributed by atoms with van der Waals surface area (Å²) < 4.78 is 5.31. The molecule has 1 N–H and O–H groups in total. The Morgan fingerprint density at radius 2 is 1.95 bits per heavy atom. The van der Waals surface area contributed by atoms with Crippen LogP contribution in [0.5, 0.6) is 0 Å². The van der Waals surface area contributed by atoms with Gasteiger partial charge in [-0.2, -0.15) is 0 Å². The first-order valence-corrected chi connectivity index (χ1v) is 8.77. The summed E-state index contributed by atoms with van der Waals surface area (Å²) in [6.07, 6.45) is 9.64. The topological polar surface area (TPSA) is 24.5 Å². The Balaban J connectivity index is 1.86. The van der Waals surface area contributed by atoms with Crippen LogP contribution in [0.3, 0.4) is 0 Å². The molecule has 0 aromatic carbocycles. The van der Waals surface area contributed by atoms with E-state index in [0.29, 0.717) is 6.04 Å². The minimum absolute atomic E-state index is 0.709. The van der Waals surface area contributed by atoms with Crippen LogP contribution in [-0.2, 0) is 4.74 Å². The molecule has 1 heterocycles. The van der Waals surface area contributed by atoms with E-state index >= 15 is 0 Å². The second kappa shape index (κ2) is 8.35. The van der Waals surface area contributed by atoms with Crippen molar-refractivity contribution in [3.63, 3.8) is 0 Å². The quantitative estimate of drug-likeness (QED) is 0.740. The summed E-state index contributed by atoms with van der Waals surface area (Å²) in [5.74, 6) is 0.958. The lowest BCUT2D eigenvalue weighted by Crippen LogP contribution is -2.45. The van der Waals surface area contributed by atoms with Crippen molar-refractivity contribution in [2.45, 2.75) is 76.9 Å². The Kier molecular flexibility index (Phi) is 6.79. The third-order valence-electron chi connectivity index (χ3n) is 5.44. The molecule has 2 aliphatic rings. The summed E-state index contributed by atoms with van der Waals surface area (Å²) in [7, 11) is 1.81. The highest BCUT2D eigenvalue weighted by Gasteiger charge is 2.36. The Labute approximate surface area is 125 Å². The average Bonchev–Trinajstić information content (AvgIpc) is 2.88. The van der Waals surface area contributed by atoms with Gasteiger partial charge in [0.1, 0.15) is 0 Å². The third-order valence-corrected chi connectivity index (χ3v) is 5.44. The molecule has 0 spiro atoms. The van der Waals surface area contributed by atoms with E-state index in [1.54, 1.807) is 0 Å². The first-order valence-electron chi connectivity index (χ1n) is 8.77. The van der Waals surface area contributed by atoms with Gasteiger partial charge in [-0.15, -0.1) is 0 Å². The molecule has 20 heavy (non-hydrogen) atoms. The molecule has 1 aliphatic carbocycles. The number of nitrogens with one attached hydrogen (secondary N) is 1. The maximum Gasteiger partial charge on any atom is 0.0589 e. The van der Waals surface area contributed by atoms with Gasteiger partial charge in [-0.05, 0) is 38.0 Å². The highest BCUT2D eigenvalue weighted by Crippen LogP contribution is 2.33. The fourth-order valence-corrected chi connectivity index (χ4v) is 4.29. The molecule has 3 heteroatoms. The Bertz CT molecular complexity index is 254. The van der Waals surface area contributed by atoms with Crippen molar-refractivity contribution in [2.75, 3.05) is 26.8 Å². The van der Waals surface area contributed by atoms with Crippen LogP contribution < -0.4 is 5.32 Å². The lowest BCUT2D eigenvalue weighted by atomic mass is 9.85. The smallest absolute Gasteiger partial charge is 0.0589 e. The van der Waals surface area contributed by atoms with Crippen LogP contribution in [0.25, 0.3) is 0 Å². The summed E-state index contributed by atoms with van der Waals surface area (Å²) in [5, 5.41) is 3.92. The summed E-state index contributed by atoms with van der Waals surface area (Å²) in [6, 6.07) is 2.25. The molecule has 0 aromatic rings. The summed E-state index contributed by atoms with van der Waals surface area (Å²) in [5.41, 5.74) is 0. The van der Waals surface area contributed by atoms with Gasteiger partial charge in [-0.3, -0.25) is 4.90 Å². The molecule has 0 bridgehead atoms. The fourth-order valence-electron chi connectivity index (χ4n) is 4.29. The van der Waals surface area contributed by atoms with Gasteiger partial charge in [-0.1, -0.05) is 26.7 Å². The zero-order valence-corrected chi connectivity index (χ0v) is 13.7. The molecule has 2 rings (SSSR count). The fraction of sp³-hybridized carbons (Fsp3) is 1.00. The van der Waals surface area contributed by atoms with Crippen LogP contribution >= 0.6 is 0 Å². The standard InChI is InChI=1S/C17H34N2O/c1-4-16(5-2)19(10-11-20-3)13-15-12-14-8-6-7-9-17(14)18-15/h14-18H,4-13H2,1-3H3. The van der Waals surface area contributed by atoms with E-state index in [-0.39, 0.29) is 0 Å². The van der Waals surface area contributed by atoms with Crippen molar-refractivity contribution < 1.29 is 4.74 Å². The molecule has 3 atom stereocenters. The summed E-state index contributed by atoms with van der Waals surface area (Å²) >= 11 is 0. The van der Waals surface area contributed by atoms with E-state index in [4.69, 9.17) is 4.74 Å². The van der Waals surface area contributed by atoms with Crippen LogP contribution in [-0.4, -0.2) is 49.8 Å². The number of ether oxygens (including phenoxy) is 1. The first kappa shape index (κ1) is 16.3. The number of rotatable bonds is 8. The summed E-state index contributed by atoms with van der Waals surface area (Å²) in [6.45, 7) is 7.78. The van der Waals surface area contributed by atoms with Crippen molar-refractivity contribution in [1.29, 1.82) is 0 Å². The zero-order valence-electron chi connectivity index (χ0n) is 13.7. The van der Waals surface area contributed by atoms with Crippen LogP contribution in [0.4, 0.5) is 0 Å². The largest absolute Gasteiger partial charge is 0.383 e. The molecule has 0 amide bonds. The van der Waals surface area contributed by atoms with Gasteiger partial charge >= 0.3 is 0 Å². The van der Waals surface area contributed by atoms with E-state index in [2.05, 4.69) is 24.1 Å². The Morgan fingerprint density at radius 3 is 2.60 bits per heavy atom. The number of hydrogen-bond donors (Lipinski definition) is 1. The van der Waals surface area contributed by atoms with E-state index in [1.807, 2.05) is 7.11 Å². The maximum atomic E-state index is 5.31. The van der Waals surface area contributed by atoms with Gasteiger partial charge in [-0.25, -0.2) is 0 Å². The molecule has 0 aromatic heterocycles. The van der Waals surface area contributed by atoms with Crippen LogP contribution in [0.15, 0.2) is 0 Å². The molecule has 0 radical (unpaired) electrons. The Hall–Kier alpha value is -0.120. The van der Waals surface area contributed by atoms with Crippen molar-refractivity contribution >= 4 is 0 Å². The first-order chi connectivity index (χ1) is 9.78. The highest BCUT2D eigenvalue weighted by atomic mass is 16.5. The molecule has 1 saturated heterocycles. The average molecular weight is 282 g/mol. The minimum atomic E-state index is 0.709. The molecule has 1 aliphatic heterocycles. The number of hydrogen-bond acceptors (Lipinski definition) is 3. The van der Waals surface area contributed by atoms with E-state index in [9.17, 15) is 0 Å². The summed E-state index contributed by atoms with van der Waals surface area (Å²) in [4.78, 5) is 2.67. The molecule has 3 unspecified atom stereocenters. The van der Waals surface area contributed by atoms with Gasteiger partial charge < -0.3 is 10.1 Å². The molecule has 2 fully saturated rings. The van der Waals surface area contributed by atoms with Crippen LogP contribution in [0.2, 0.25) is 0 Å². The van der Waals surface area contributed by atoms with E-state index < -0.39 is 0 Å². The predicted octanol–water partition coefficient (Wildman–Crippen LogP) is 3.04. The van der Waals surface area contributed by atoms with Gasteiger partial charge in [0.05, 0.1) is 6.61 Å². The maximum absolute atomic E-state index is 5.31. The predicted molar refractivity (Wildman–Crippen MR) is 85.1 cm³/mol. The third kappa shape index (κ3) is 4.19. The molecule has 1 saturated carbocycles. The van der Waals surface area contributed by atoms with Gasteiger partial charge in [0.15, 0.2) is 0 Å². The lowest BCUT2D eigenvalue weighted by molar-refractivity contribution is 0.108. The number of fused-ring (bicyclic) bond motifs is 1. The van der Waals surface area contributed by atoms with Crippen molar-refractivity contribution in [3.8, 4) is 0 Å². The molecule has 3 nitrogen and oxygen atoms in total. The van der Waals surface area contributed by atoms with Gasteiger partial charge in [0.25, 0.3) is 0 Å². The van der Waals surface area contributed by atoms with E-state index in [0.717, 1.165) is 31.2 Å².